The van der Waals surface area contributed by atoms with Gasteiger partial charge in [-0.2, -0.15) is 0 Å². The van der Waals surface area contributed by atoms with E-state index in [1.807, 2.05) is 12.1 Å². The zero-order valence-corrected chi connectivity index (χ0v) is 10.00. The van der Waals surface area contributed by atoms with Gasteiger partial charge in [-0.3, -0.25) is 0 Å². The predicted molar refractivity (Wildman–Crippen MR) is 62.1 cm³/mol. The molecule has 1 aromatic heterocycles. The van der Waals surface area contributed by atoms with Crippen molar-refractivity contribution in [1.82, 2.24) is 4.98 Å². The van der Waals surface area contributed by atoms with Crippen molar-refractivity contribution in [3.05, 3.63) is 25.7 Å². The Morgan fingerprint density at radius 3 is 2.92 bits per heavy atom. The van der Waals surface area contributed by atoms with Crippen LogP contribution >= 0.6 is 45.5 Å². The third kappa shape index (κ3) is 1.34. The molecule has 0 amide bonds. The molecule has 0 aliphatic heterocycles. The summed E-state index contributed by atoms with van der Waals surface area (Å²) in [7, 11) is 0. The van der Waals surface area contributed by atoms with Gasteiger partial charge < -0.3 is 0 Å². The summed E-state index contributed by atoms with van der Waals surface area (Å²) in [5.41, 5.74) is 2.23. The molecule has 0 N–H and O–H groups in total. The van der Waals surface area contributed by atoms with E-state index >= 15 is 0 Å². The fraction of sp³-hybridized carbons (Fsp3) is 0.125. The second kappa shape index (κ2) is 3.12. The molecule has 62 valence electrons. The maximum Gasteiger partial charge on any atom is 0.155 e. The average Bonchev–Trinajstić information content (AvgIpc) is 2.41. The van der Waals surface area contributed by atoms with Crippen molar-refractivity contribution in [3.8, 4) is 0 Å². The van der Waals surface area contributed by atoms with E-state index in [1.54, 1.807) is 11.3 Å². The zero-order valence-electron chi connectivity index (χ0n) is 6.27. The molecular formula is C8H5ClINS. The van der Waals surface area contributed by atoms with E-state index in [2.05, 4.69) is 34.5 Å². The molecule has 0 radical (unpaired) electrons. The first-order chi connectivity index (χ1) is 5.68. The van der Waals surface area contributed by atoms with Crippen LogP contribution in [0.25, 0.3) is 10.2 Å². The Balaban J connectivity index is 2.93. The van der Waals surface area contributed by atoms with Crippen LogP contribution in [0.4, 0.5) is 0 Å². The van der Waals surface area contributed by atoms with Crippen LogP contribution in [-0.4, -0.2) is 4.98 Å². The molecule has 2 aromatic rings. The molecule has 0 saturated carbocycles. The molecule has 0 unspecified atom stereocenters. The Morgan fingerprint density at radius 2 is 2.25 bits per heavy atom. The number of benzene rings is 1. The summed E-state index contributed by atoms with van der Waals surface area (Å²) >= 11 is 9.86. The van der Waals surface area contributed by atoms with Crippen LogP contribution in [0, 0.1) is 9.94 Å². The van der Waals surface area contributed by atoms with Gasteiger partial charge in [-0.05, 0) is 41.1 Å². The molecule has 1 heterocycles. The second-order valence-electron chi connectivity index (χ2n) is 2.51. The van der Waals surface area contributed by atoms with E-state index in [-0.39, 0.29) is 0 Å². The number of rotatable bonds is 0. The lowest BCUT2D eigenvalue weighted by Crippen LogP contribution is -1.75. The Morgan fingerprint density at radius 1 is 1.50 bits per heavy atom. The van der Waals surface area contributed by atoms with Gasteiger partial charge in [0.2, 0.25) is 0 Å². The first-order valence-corrected chi connectivity index (χ1v) is 5.67. The van der Waals surface area contributed by atoms with Crippen molar-refractivity contribution in [3.63, 3.8) is 0 Å². The Labute approximate surface area is 92.9 Å². The van der Waals surface area contributed by atoms with Gasteiger partial charge in [0.05, 0.1) is 15.2 Å². The van der Waals surface area contributed by atoms with E-state index in [4.69, 9.17) is 11.6 Å². The van der Waals surface area contributed by atoms with Crippen LogP contribution in [0.5, 0.6) is 0 Å². The molecule has 1 aromatic carbocycles. The zero-order chi connectivity index (χ0) is 8.72. The number of aryl methyl sites for hydroxylation is 1. The predicted octanol–water partition coefficient (Wildman–Crippen LogP) is 3.86. The van der Waals surface area contributed by atoms with Gasteiger partial charge in [0.15, 0.2) is 3.01 Å². The van der Waals surface area contributed by atoms with Gasteiger partial charge >= 0.3 is 0 Å². The molecule has 0 atom stereocenters. The molecule has 0 fully saturated rings. The third-order valence-electron chi connectivity index (χ3n) is 1.67. The molecule has 0 bridgehead atoms. The van der Waals surface area contributed by atoms with Crippen molar-refractivity contribution in [2.75, 3.05) is 0 Å². The van der Waals surface area contributed by atoms with Crippen LogP contribution in [0.2, 0.25) is 5.02 Å². The minimum atomic E-state index is 0.802. The highest BCUT2D eigenvalue weighted by atomic mass is 127. The van der Waals surface area contributed by atoms with Crippen molar-refractivity contribution in [2.24, 2.45) is 0 Å². The summed E-state index contributed by atoms with van der Waals surface area (Å²) in [4.78, 5) is 4.39. The van der Waals surface area contributed by atoms with E-state index in [1.165, 1.54) is 5.56 Å². The first-order valence-electron chi connectivity index (χ1n) is 3.39. The van der Waals surface area contributed by atoms with Crippen molar-refractivity contribution >= 4 is 55.7 Å². The number of thiazole rings is 1. The second-order valence-corrected chi connectivity index (χ2v) is 5.67. The summed E-state index contributed by atoms with van der Waals surface area (Å²) in [6, 6.07) is 3.92. The van der Waals surface area contributed by atoms with E-state index in [9.17, 15) is 0 Å². The summed E-state index contributed by atoms with van der Waals surface area (Å²) in [6.07, 6.45) is 0. The summed E-state index contributed by atoms with van der Waals surface area (Å²) in [6.45, 7) is 2.05. The van der Waals surface area contributed by atoms with Gasteiger partial charge in [-0.15, -0.1) is 11.3 Å². The van der Waals surface area contributed by atoms with Crippen molar-refractivity contribution < 1.29 is 0 Å². The lowest BCUT2D eigenvalue weighted by atomic mass is 10.2. The highest BCUT2D eigenvalue weighted by Crippen LogP contribution is 2.31. The van der Waals surface area contributed by atoms with Gasteiger partial charge in [0.25, 0.3) is 0 Å². The molecular weight excluding hydrogens is 305 g/mol. The number of halogens is 2. The highest BCUT2D eigenvalue weighted by Gasteiger charge is 2.06. The molecule has 1 nitrogen and oxygen atoms in total. The van der Waals surface area contributed by atoms with E-state index in [0.29, 0.717) is 0 Å². The van der Waals surface area contributed by atoms with Crippen molar-refractivity contribution in [1.29, 1.82) is 0 Å². The van der Waals surface area contributed by atoms with E-state index in [0.717, 1.165) is 18.3 Å². The molecule has 0 spiro atoms. The fourth-order valence-electron chi connectivity index (χ4n) is 1.08. The minimum absolute atomic E-state index is 0.802. The topological polar surface area (TPSA) is 12.9 Å². The number of hydrogen-bond donors (Lipinski definition) is 0. The van der Waals surface area contributed by atoms with Gasteiger partial charge in [-0.1, -0.05) is 17.7 Å². The summed E-state index contributed by atoms with van der Waals surface area (Å²) in [5.74, 6) is 0. The molecule has 0 aliphatic carbocycles. The SMILES string of the molecule is Cc1ccc(Cl)c2sc(I)nc12. The van der Waals surface area contributed by atoms with Gasteiger partial charge in [0.1, 0.15) is 0 Å². The van der Waals surface area contributed by atoms with E-state index < -0.39 is 0 Å². The third-order valence-corrected chi connectivity index (χ3v) is 3.88. The number of nitrogens with zero attached hydrogens (tertiary/aromatic N) is 1. The number of aromatic nitrogens is 1. The first kappa shape index (κ1) is 8.72. The molecule has 4 heteroatoms. The summed E-state index contributed by atoms with van der Waals surface area (Å²) < 4.78 is 2.14. The largest absolute Gasteiger partial charge is 0.230 e. The Bertz CT molecular complexity index is 399. The Hall–Kier alpha value is 0.130. The monoisotopic (exact) mass is 309 g/mol. The van der Waals surface area contributed by atoms with Crippen LogP contribution in [-0.2, 0) is 0 Å². The van der Waals surface area contributed by atoms with Crippen molar-refractivity contribution in [2.45, 2.75) is 6.92 Å². The van der Waals surface area contributed by atoms with Crippen LogP contribution in [0.1, 0.15) is 5.56 Å². The summed E-state index contributed by atoms with van der Waals surface area (Å²) in [5, 5.41) is 0.802. The fourth-order valence-corrected chi connectivity index (χ4v) is 3.02. The van der Waals surface area contributed by atoms with Crippen LogP contribution in [0.15, 0.2) is 12.1 Å². The smallest absolute Gasteiger partial charge is 0.155 e. The maximum atomic E-state index is 6.01. The lowest BCUT2D eigenvalue weighted by Gasteiger charge is -1.94. The molecule has 0 saturated heterocycles. The van der Waals surface area contributed by atoms with Crippen LogP contribution in [0.3, 0.4) is 0 Å². The standard InChI is InChI=1S/C8H5ClINS/c1-4-2-3-5(9)7-6(4)11-8(10)12-7/h2-3H,1H3. The average molecular weight is 310 g/mol. The number of hydrogen-bond acceptors (Lipinski definition) is 2. The molecule has 12 heavy (non-hydrogen) atoms. The lowest BCUT2D eigenvalue weighted by molar-refractivity contribution is 1.39. The minimum Gasteiger partial charge on any atom is -0.230 e. The molecule has 0 aliphatic rings. The van der Waals surface area contributed by atoms with Gasteiger partial charge in [-0.25, -0.2) is 4.98 Å². The molecule has 2 rings (SSSR count). The Kier molecular flexibility index (Phi) is 2.27. The highest BCUT2D eigenvalue weighted by molar-refractivity contribution is 14.1. The van der Waals surface area contributed by atoms with Crippen LogP contribution < -0.4 is 0 Å². The number of fused-ring (bicyclic) bond motifs is 1. The normalized spacial score (nSPS) is 10.9. The maximum absolute atomic E-state index is 6.01. The van der Waals surface area contributed by atoms with Gasteiger partial charge in [0, 0.05) is 0 Å². The quantitative estimate of drug-likeness (QED) is 0.673.